The van der Waals surface area contributed by atoms with E-state index in [-0.39, 0.29) is 12.5 Å². The van der Waals surface area contributed by atoms with E-state index in [1.165, 1.54) is 11.1 Å². The summed E-state index contributed by atoms with van der Waals surface area (Å²) in [5.74, 6) is 0.226. The Kier molecular flexibility index (Phi) is 3.97. The fourth-order valence-electron chi connectivity index (χ4n) is 2.30. The van der Waals surface area contributed by atoms with Crippen molar-refractivity contribution in [2.45, 2.75) is 38.2 Å². The summed E-state index contributed by atoms with van der Waals surface area (Å²) in [4.78, 5) is 0. The lowest BCUT2D eigenvalue weighted by Gasteiger charge is -2.18. The van der Waals surface area contributed by atoms with Gasteiger partial charge in [0.1, 0.15) is 0 Å². The van der Waals surface area contributed by atoms with Gasteiger partial charge in [0.15, 0.2) is 0 Å². The van der Waals surface area contributed by atoms with Crippen LogP contribution in [-0.2, 0) is 4.74 Å². The molecular weight excluding hydrogens is 200 g/mol. The predicted octanol–water partition coefficient (Wildman–Crippen LogP) is 2.64. The molecule has 2 rings (SSSR count). The molecule has 2 nitrogen and oxygen atoms in total. The average Bonchev–Trinajstić information content (AvgIpc) is 2.80. The second-order valence-corrected chi connectivity index (χ2v) is 4.66. The van der Waals surface area contributed by atoms with Crippen molar-refractivity contribution in [2.75, 3.05) is 13.2 Å². The fourth-order valence-corrected chi connectivity index (χ4v) is 2.30. The van der Waals surface area contributed by atoms with Gasteiger partial charge in [-0.25, -0.2) is 0 Å². The Bertz CT molecular complexity index is 312. The van der Waals surface area contributed by atoms with Crippen LogP contribution in [0, 0.1) is 6.92 Å². The topological polar surface area (TPSA) is 29.5 Å². The molecule has 0 radical (unpaired) electrons. The minimum atomic E-state index is 0.211. The van der Waals surface area contributed by atoms with Gasteiger partial charge in [0, 0.05) is 12.5 Å². The number of hydrogen-bond donors (Lipinski definition) is 1. The van der Waals surface area contributed by atoms with Crippen molar-refractivity contribution in [1.29, 1.82) is 0 Å². The number of hydrogen-bond acceptors (Lipinski definition) is 2. The molecule has 1 heterocycles. The van der Waals surface area contributed by atoms with Gasteiger partial charge < -0.3 is 9.84 Å². The third-order valence-corrected chi connectivity index (χ3v) is 3.34. The highest BCUT2D eigenvalue weighted by molar-refractivity contribution is 5.24. The van der Waals surface area contributed by atoms with Crippen LogP contribution in [0.1, 0.15) is 36.3 Å². The summed E-state index contributed by atoms with van der Waals surface area (Å²) in [6.45, 7) is 3.18. The van der Waals surface area contributed by atoms with Crippen LogP contribution in [0.2, 0.25) is 0 Å². The van der Waals surface area contributed by atoms with E-state index in [4.69, 9.17) is 4.74 Å². The normalized spacial score (nSPS) is 22.2. The summed E-state index contributed by atoms with van der Waals surface area (Å²) in [5, 5.41) is 9.45. The Morgan fingerprint density at radius 3 is 2.69 bits per heavy atom. The van der Waals surface area contributed by atoms with Gasteiger partial charge >= 0.3 is 0 Å². The zero-order valence-corrected chi connectivity index (χ0v) is 9.86. The number of rotatable bonds is 4. The summed E-state index contributed by atoms with van der Waals surface area (Å²) in [5.41, 5.74) is 2.49. The van der Waals surface area contributed by atoms with Crippen molar-refractivity contribution in [3.63, 3.8) is 0 Å². The second kappa shape index (κ2) is 5.46. The molecule has 2 atom stereocenters. The van der Waals surface area contributed by atoms with Crippen molar-refractivity contribution < 1.29 is 9.84 Å². The number of aliphatic hydroxyl groups excluding tert-OH is 1. The Morgan fingerprint density at radius 2 is 2.12 bits per heavy atom. The van der Waals surface area contributed by atoms with Crippen LogP contribution in [0.15, 0.2) is 24.3 Å². The van der Waals surface area contributed by atoms with E-state index in [9.17, 15) is 5.11 Å². The van der Waals surface area contributed by atoms with Gasteiger partial charge in [-0.3, -0.25) is 0 Å². The van der Waals surface area contributed by atoms with Crippen molar-refractivity contribution in [2.24, 2.45) is 0 Å². The lowest BCUT2D eigenvalue weighted by atomic mass is 9.92. The Morgan fingerprint density at radius 1 is 1.38 bits per heavy atom. The van der Waals surface area contributed by atoms with Gasteiger partial charge in [0.05, 0.1) is 12.7 Å². The van der Waals surface area contributed by atoms with E-state index < -0.39 is 0 Å². The van der Waals surface area contributed by atoms with E-state index >= 15 is 0 Å². The van der Waals surface area contributed by atoms with Crippen LogP contribution in [0.4, 0.5) is 0 Å². The van der Waals surface area contributed by atoms with Crippen LogP contribution >= 0.6 is 0 Å². The van der Waals surface area contributed by atoms with Gasteiger partial charge in [-0.2, -0.15) is 0 Å². The molecule has 2 heteroatoms. The molecule has 0 aromatic heterocycles. The summed E-state index contributed by atoms with van der Waals surface area (Å²) < 4.78 is 5.62. The van der Waals surface area contributed by atoms with E-state index in [0.717, 1.165) is 25.9 Å². The molecule has 1 aliphatic rings. The quantitative estimate of drug-likeness (QED) is 0.845. The molecular formula is C14H20O2. The minimum absolute atomic E-state index is 0.211. The largest absolute Gasteiger partial charge is 0.396 e. The molecule has 1 fully saturated rings. The van der Waals surface area contributed by atoms with Gasteiger partial charge in [-0.05, 0) is 31.7 Å². The molecule has 0 bridgehead atoms. The van der Waals surface area contributed by atoms with E-state index in [1.54, 1.807) is 0 Å². The van der Waals surface area contributed by atoms with Gasteiger partial charge in [0.2, 0.25) is 0 Å². The monoisotopic (exact) mass is 220 g/mol. The van der Waals surface area contributed by atoms with E-state index in [1.807, 2.05) is 0 Å². The zero-order chi connectivity index (χ0) is 11.4. The first kappa shape index (κ1) is 11.6. The van der Waals surface area contributed by atoms with Crippen LogP contribution in [0.5, 0.6) is 0 Å². The summed E-state index contributed by atoms with van der Waals surface area (Å²) in [7, 11) is 0. The van der Waals surface area contributed by atoms with Crippen molar-refractivity contribution in [3.8, 4) is 0 Å². The van der Waals surface area contributed by atoms with Gasteiger partial charge in [-0.15, -0.1) is 0 Å². The smallest absolute Gasteiger partial charge is 0.0582 e. The maximum Gasteiger partial charge on any atom is 0.0582 e. The van der Waals surface area contributed by atoms with Gasteiger partial charge in [0.25, 0.3) is 0 Å². The highest BCUT2D eigenvalue weighted by Crippen LogP contribution is 2.26. The number of aryl methyl sites for hydroxylation is 1. The van der Waals surface area contributed by atoms with Crippen molar-refractivity contribution >= 4 is 0 Å². The van der Waals surface area contributed by atoms with E-state index in [0.29, 0.717) is 6.10 Å². The average molecular weight is 220 g/mol. The number of aliphatic hydroxyl groups is 1. The molecule has 1 aromatic rings. The number of ether oxygens (including phenoxy) is 1. The third-order valence-electron chi connectivity index (χ3n) is 3.34. The summed E-state index contributed by atoms with van der Waals surface area (Å²) in [6, 6.07) is 8.44. The molecule has 1 aromatic carbocycles. The molecule has 1 aliphatic heterocycles. The highest BCUT2D eigenvalue weighted by Gasteiger charge is 2.21. The maximum absolute atomic E-state index is 9.45. The Balaban J connectivity index is 2.00. The lowest BCUT2D eigenvalue weighted by molar-refractivity contribution is 0.0898. The molecule has 0 saturated carbocycles. The van der Waals surface area contributed by atoms with Gasteiger partial charge in [-0.1, -0.05) is 29.8 Å². The van der Waals surface area contributed by atoms with Crippen molar-refractivity contribution in [1.82, 2.24) is 0 Å². The summed E-state index contributed by atoms with van der Waals surface area (Å²) >= 11 is 0. The molecule has 1 N–H and O–H groups in total. The van der Waals surface area contributed by atoms with Crippen LogP contribution in [0.25, 0.3) is 0 Å². The maximum atomic E-state index is 9.45. The second-order valence-electron chi connectivity index (χ2n) is 4.66. The molecule has 0 aliphatic carbocycles. The summed E-state index contributed by atoms with van der Waals surface area (Å²) in [6.07, 6.45) is 3.59. The molecule has 0 amide bonds. The Hall–Kier alpha value is -0.860. The fraction of sp³-hybridized carbons (Fsp3) is 0.571. The minimum Gasteiger partial charge on any atom is -0.396 e. The first-order valence-electron chi connectivity index (χ1n) is 6.08. The van der Waals surface area contributed by atoms with Crippen LogP contribution in [0.3, 0.4) is 0 Å². The SMILES string of the molecule is Cc1ccc(C(CO)CC2CCCO2)cc1. The Labute approximate surface area is 97.3 Å². The first-order valence-corrected chi connectivity index (χ1v) is 6.08. The van der Waals surface area contributed by atoms with E-state index in [2.05, 4.69) is 31.2 Å². The third kappa shape index (κ3) is 2.83. The predicted molar refractivity (Wildman–Crippen MR) is 64.6 cm³/mol. The zero-order valence-electron chi connectivity index (χ0n) is 9.86. The van der Waals surface area contributed by atoms with Crippen LogP contribution in [-0.4, -0.2) is 24.4 Å². The van der Waals surface area contributed by atoms with Crippen molar-refractivity contribution in [3.05, 3.63) is 35.4 Å². The number of benzene rings is 1. The molecule has 88 valence electrons. The molecule has 16 heavy (non-hydrogen) atoms. The van der Waals surface area contributed by atoms with Crippen LogP contribution < -0.4 is 0 Å². The first-order chi connectivity index (χ1) is 7.79. The lowest BCUT2D eigenvalue weighted by Crippen LogP contribution is -2.14. The highest BCUT2D eigenvalue weighted by atomic mass is 16.5. The molecule has 0 spiro atoms. The molecule has 1 saturated heterocycles. The molecule has 2 unspecified atom stereocenters. The standard InChI is InChI=1S/C14H20O2/c1-11-4-6-12(7-5-11)13(10-15)9-14-3-2-8-16-14/h4-7,13-15H,2-3,8-10H2,1H3.